The largest absolute Gasteiger partial charge is 0.494 e. The summed E-state index contributed by atoms with van der Waals surface area (Å²) in [4.78, 5) is 61.7. The summed E-state index contributed by atoms with van der Waals surface area (Å²) < 4.78 is 18.6. The monoisotopic (exact) mass is 857 g/mol. The molecule has 328 valence electrons. The third-order valence-corrected chi connectivity index (χ3v) is 10.7. The summed E-state index contributed by atoms with van der Waals surface area (Å²) in [5, 5.41) is 18.1. The highest BCUT2D eigenvalue weighted by molar-refractivity contribution is 6.05. The van der Waals surface area contributed by atoms with Crippen LogP contribution in [0.5, 0.6) is 11.5 Å². The molecule has 1 aliphatic heterocycles. The first-order valence-corrected chi connectivity index (χ1v) is 20.8. The Morgan fingerprint density at radius 3 is 1.73 bits per heavy atom. The van der Waals surface area contributed by atoms with Gasteiger partial charge in [0.2, 0.25) is 23.7 Å². The van der Waals surface area contributed by atoms with Gasteiger partial charge >= 0.3 is 0 Å². The minimum Gasteiger partial charge on any atom is -0.494 e. The number of nitrogens with zero attached hydrogens (tertiary/aromatic N) is 8. The van der Waals surface area contributed by atoms with Gasteiger partial charge in [-0.15, -0.1) is 0 Å². The topological polar surface area (TPSA) is 246 Å². The van der Waals surface area contributed by atoms with Gasteiger partial charge in [0.05, 0.1) is 29.5 Å². The van der Waals surface area contributed by atoms with Gasteiger partial charge in [-0.2, -0.15) is 10.2 Å². The summed E-state index contributed by atoms with van der Waals surface area (Å²) in [5.74, 6) is 5.63. The number of methoxy groups -OCH3 is 1. The Balaban J connectivity index is 1.26. The second-order valence-corrected chi connectivity index (χ2v) is 15.1. The van der Waals surface area contributed by atoms with Crippen molar-refractivity contribution in [2.24, 2.45) is 17.4 Å². The number of rotatable bonds is 16. The van der Waals surface area contributed by atoms with Crippen LogP contribution in [0.15, 0.2) is 48.6 Å². The average Bonchev–Trinajstić information content (AvgIpc) is 4.04. The molecule has 0 unspecified atom stereocenters. The Bertz CT molecular complexity index is 2810. The van der Waals surface area contributed by atoms with E-state index in [4.69, 9.17) is 30.9 Å². The molecular formula is C44H51N13O6. The van der Waals surface area contributed by atoms with E-state index in [1.807, 2.05) is 26.0 Å². The van der Waals surface area contributed by atoms with E-state index < -0.39 is 23.6 Å². The molecule has 6 aromatic rings. The lowest BCUT2D eigenvalue weighted by Gasteiger charge is -2.20. The number of hydrogen-bond acceptors (Lipinski definition) is 11. The van der Waals surface area contributed by atoms with Crippen molar-refractivity contribution in [2.75, 3.05) is 37.4 Å². The van der Waals surface area contributed by atoms with E-state index in [0.29, 0.717) is 75.3 Å². The number of ether oxygens (including phenoxy) is 2. The molecule has 1 saturated heterocycles. The van der Waals surface area contributed by atoms with Gasteiger partial charge < -0.3 is 35.4 Å². The maximum absolute atomic E-state index is 13.8. The third-order valence-electron chi connectivity index (χ3n) is 10.7. The number of primary amides is 2. The predicted molar refractivity (Wildman–Crippen MR) is 237 cm³/mol. The van der Waals surface area contributed by atoms with Gasteiger partial charge in [-0.3, -0.25) is 39.2 Å². The second-order valence-electron chi connectivity index (χ2n) is 15.1. The predicted octanol–water partition coefficient (Wildman–Crippen LogP) is 4.17. The number of aromatic nitrogens is 8. The molecular weight excluding hydrogens is 807 g/mol. The smallest absolute Gasteiger partial charge is 0.276 e. The number of piperidine rings is 1. The Morgan fingerprint density at radius 2 is 1.25 bits per heavy atom. The highest BCUT2D eigenvalue weighted by atomic mass is 16.5. The number of hydrogen-bond donors (Lipinski definition) is 5. The van der Waals surface area contributed by atoms with E-state index in [2.05, 4.69) is 38.0 Å². The lowest BCUT2D eigenvalue weighted by atomic mass is 9.95. The van der Waals surface area contributed by atoms with Gasteiger partial charge in [-0.25, -0.2) is 9.97 Å². The molecule has 1 aliphatic rings. The molecule has 0 spiro atoms. The quantitative estimate of drug-likeness (QED) is 0.0683. The van der Waals surface area contributed by atoms with E-state index in [0.717, 1.165) is 32.4 Å². The summed E-state index contributed by atoms with van der Waals surface area (Å²) in [6.45, 7) is 10.6. The van der Waals surface area contributed by atoms with Crippen LogP contribution in [0.4, 0.5) is 11.9 Å². The zero-order valence-electron chi connectivity index (χ0n) is 35.9. The van der Waals surface area contributed by atoms with Gasteiger partial charge in [-0.1, -0.05) is 24.0 Å². The van der Waals surface area contributed by atoms with E-state index in [1.165, 1.54) is 19.2 Å². The molecule has 4 aromatic heterocycles. The van der Waals surface area contributed by atoms with Crippen molar-refractivity contribution < 1.29 is 28.7 Å². The minimum atomic E-state index is -0.677. The number of carbonyl (C=O) groups excluding carboxylic acids is 4. The first-order valence-electron chi connectivity index (χ1n) is 20.8. The lowest BCUT2D eigenvalue weighted by molar-refractivity contribution is 0.0991. The SMILES string of the molecule is CCn1nc(C)cc1C(=O)Nc1nc2cc(C(N)=O)cc(OC)c2n1CC=CCn1c(NC(=O)c2cc(C)nn2CC)nc2cc(C(N)=O)cc(OCC#CCC3CCNCC3)c21. The third kappa shape index (κ3) is 9.55. The average molecular weight is 858 g/mol. The number of nitrogens with two attached hydrogens (primary N) is 2. The molecule has 19 heteroatoms. The van der Waals surface area contributed by atoms with Crippen LogP contribution >= 0.6 is 0 Å². The first kappa shape index (κ1) is 43.6. The van der Waals surface area contributed by atoms with Crippen LogP contribution in [-0.4, -0.2) is 89.1 Å². The Hall–Kier alpha value is -7.46. The van der Waals surface area contributed by atoms with Crippen molar-refractivity contribution in [3.05, 3.63) is 82.5 Å². The van der Waals surface area contributed by atoms with Gasteiger partial charge in [-0.05, 0) is 95.9 Å². The number of fused-ring (bicyclic) bond motifs is 2. The number of carbonyl (C=O) groups is 4. The molecule has 0 atom stereocenters. The van der Waals surface area contributed by atoms with Crippen LogP contribution in [0.3, 0.4) is 0 Å². The number of aryl methyl sites for hydroxylation is 4. The summed E-state index contributed by atoms with van der Waals surface area (Å²) >= 11 is 0. The van der Waals surface area contributed by atoms with Crippen LogP contribution < -0.4 is 36.9 Å². The fraction of sp³-hybridized carbons (Fsp3) is 0.364. The molecule has 2 aromatic carbocycles. The number of anilines is 2. The fourth-order valence-corrected chi connectivity index (χ4v) is 7.65. The normalized spacial score (nSPS) is 13.0. The maximum Gasteiger partial charge on any atom is 0.276 e. The van der Waals surface area contributed by atoms with Gasteiger partial charge in [0, 0.05) is 43.7 Å². The van der Waals surface area contributed by atoms with Crippen molar-refractivity contribution in [1.29, 1.82) is 0 Å². The van der Waals surface area contributed by atoms with Crippen LogP contribution in [0, 0.1) is 31.6 Å². The van der Waals surface area contributed by atoms with Gasteiger partial charge in [0.25, 0.3) is 11.8 Å². The highest BCUT2D eigenvalue weighted by Gasteiger charge is 2.24. The molecule has 0 saturated carbocycles. The molecule has 0 aliphatic carbocycles. The first-order chi connectivity index (χ1) is 30.4. The zero-order chi connectivity index (χ0) is 44.8. The van der Waals surface area contributed by atoms with Crippen molar-refractivity contribution in [2.45, 2.75) is 73.1 Å². The highest BCUT2D eigenvalue weighted by Crippen LogP contribution is 2.33. The summed E-state index contributed by atoms with van der Waals surface area (Å²) in [7, 11) is 1.46. The molecule has 7 N–H and O–H groups in total. The second kappa shape index (κ2) is 19.1. The van der Waals surface area contributed by atoms with Crippen LogP contribution in [0.1, 0.15) is 86.2 Å². The van der Waals surface area contributed by atoms with Crippen molar-refractivity contribution in [3.8, 4) is 23.3 Å². The Morgan fingerprint density at radius 1 is 0.762 bits per heavy atom. The van der Waals surface area contributed by atoms with E-state index in [9.17, 15) is 19.2 Å². The number of nitrogens with one attached hydrogen (secondary N) is 3. The molecule has 19 nitrogen and oxygen atoms in total. The van der Waals surface area contributed by atoms with Gasteiger partial charge in [0.15, 0.2) is 0 Å². The lowest BCUT2D eigenvalue weighted by Crippen LogP contribution is -2.27. The fourth-order valence-electron chi connectivity index (χ4n) is 7.65. The van der Waals surface area contributed by atoms with Crippen LogP contribution in [0.25, 0.3) is 22.1 Å². The number of amides is 4. The van der Waals surface area contributed by atoms with Crippen LogP contribution in [-0.2, 0) is 26.2 Å². The summed E-state index contributed by atoms with van der Waals surface area (Å²) in [6, 6.07) is 9.54. The molecule has 1 fully saturated rings. The molecule has 7 rings (SSSR count). The van der Waals surface area contributed by atoms with E-state index in [1.54, 1.807) is 56.6 Å². The number of benzene rings is 2. The van der Waals surface area contributed by atoms with Gasteiger partial charge in [0.1, 0.15) is 40.5 Å². The molecule has 4 amide bonds. The zero-order valence-corrected chi connectivity index (χ0v) is 35.9. The molecule has 5 heterocycles. The minimum absolute atomic E-state index is 0.0417. The molecule has 63 heavy (non-hydrogen) atoms. The number of allylic oxidation sites excluding steroid dienone is 2. The van der Waals surface area contributed by atoms with E-state index in [-0.39, 0.29) is 42.7 Å². The summed E-state index contributed by atoms with van der Waals surface area (Å²) in [6.07, 6.45) is 6.58. The summed E-state index contributed by atoms with van der Waals surface area (Å²) in [5.41, 5.74) is 15.5. The Kier molecular flexibility index (Phi) is 13.2. The maximum atomic E-state index is 13.8. The van der Waals surface area contributed by atoms with Crippen molar-refractivity contribution >= 4 is 57.6 Å². The van der Waals surface area contributed by atoms with Crippen molar-refractivity contribution in [3.63, 3.8) is 0 Å². The van der Waals surface area contributed by atoms with E-state index >= 15 is 0 Å². The van der Waals surface area contributed by atoms with Crippen LogP contribution in [0.2, 0.25) is 0 Å². The molecule has 0 bridgehead atoms. The Labute approximate surface area is 363 Å². The number of imidazole rings is 2. The standard InChI is InChI=1S/C44H51N13O6/c1-6-56-33(20-26(3)52-56)41(60)50-43-48-31-22-29(39(45)58)24-35(62-5)37(31)54(43)17-9-10-18-55-38-32(49-44(55)51-42(61)34-21-27(4)53-57(34)7-2)23-30(40(46)59)25-36(38)63-19-11-8-12-28-13-15-47-16-14-28/h9-10,20-25,28,47H,6-7,12-19H2,1-5H3,(H2,45,58)(H2,46,59)(H,48,50,60)(H,49,51,61). The molecule has 0 radical (unpaired) electrons. The van der Waals surface area contributed by atoms with Crippen molar-refractivity contribution in [1.82, 2.24) is 44.0 Å².